The van der Waals surface area contributed by atoms with Crippen LogP contribution >= 0.6 is 0 Å². The Balaban J connectivity index is -0.00000602. The molecule has 0 aromatic carbocycles. The summed E-state index contributed by atoms with van der Waals surface area (Å²) >= 11 is 0. The van der Waals surface area contributed by atoms with E-state index in [2.05, 4.69) is 27.8 Å². The lowest BCUT2D eigenvalue weighted by Crippen LogP contribution is -2.54. The number of rotatable bonds is 25. The summed E-state index contributed by atoms with van der Waals surface area (Å²) in [7, 11) is -0.0817. The number of hydrogen-bond acceptors (Lipinski definition) is 9. The summed E-state index contributed by atoms with van der Waals surface area (Å²) in [4.78, 5) is 52.3. The van der Waals surface area contributed by atoms with Gasteiger partial charge in [-0.05, 0) is 56.1 Å². The molecular formula is C39H70N4O9S. The first-order valence-electron chi connectivity index (χ1n) is 18.2. The molecule has 0 bridgehead atoms. The van der Waals surface area contributed by atoms with Gasteiger partial charge in [0.1, 0.15) is 18.7 Å². The van der Waals surface area contributed by atoms with Crippen LogP contribution in [0.2, 0.25) is 0 Å². The molecule has 4 amide bonds. The van der Waals surface area contributed by atoms with Gasteiger partial charge in [-0.25, -0.2) is 0 Å². The highest BCUT2D eigenvalue weighted by Crippen LogP contribution is 2.17. The van der Waals surface area contributed by atoms with Crippen LogP contribution in [-0.2, 0) is 34.7 Å². The van der Waals surface area contributed by atoms with Crippen molar-refractivity contribution in [1.29, 1.82) is 0 Å². The minimum absolute atomic E-state index is 0.0175. The van der Waals surface area contributed by atoms with E-state index < -0.39 is 58.7 Å². The molecule has 0 radical (unpaired) electrons. The smallest absolute Gasteiger partial charge is 0.246 e. The summed E-state index contributed by atoms with van der Waals surface area (Å²) in [6, 6.07) is -2.48. The monoisotopic (exact) mass is 770 g/mol. The Morgan fingerprint density at radius 3 is 2.08 bits per heavy atom. The zero-order valence-electron chi connectivity index (χ0n) is 33.7. The van der Waals surface area contributed by atoms with Gasteiger partial charge in [-0.15, -0.1) is 0 Å². The van der Waals surface area contributed by atoms with Crippen LogP contribution in [0.25, 0.3) is 0 Å². The number of ether oxygens (including phenoxy) is 1. The van der Waals surface area contributed by atoms with E-state index in [1.165, 1.54) is 6.08 Å². The number of amides is 4. The van der Waals surface area contributed by atoms with Gasteiger partial charge in [0.25, 0.3) is 0 Å². The van der Waals surface area contributed by atoms with E-state index in [4.69, 9.17) is 14.9 Å². The van der Waals surface area contributed by atoms with E-state index in [9.17, 15) is 28.5 Å². The quantitative estimate of drug-likeness (QED) is 0.0410. The molecule has 1 unspecified atom stereocenters. The van der Waals surface area contributed by atoms with E-state index in [0.29, 0.717) is 18.6 Å². The summed E-state index contributed by atoms with van der Waals surface area (Å²) in [5.74, 6) is -2.21. The standard InChI is InChI=1S/C36H60N4O8S.C2H6.CH4O/c1-9-11-16-28(10-2)23-37-36(46)33(26(5)6)40-34(44)27(7)22-31(42)30(21-25(3)4)39-35(45)29(17-15-20-49(8)47)38-32(43)24-48-19-14-12-13-18-41;2*1-2/h9-14,16,18,25-27,29-31,33,41-42H,1,15,17,19-24H2,2-8H3,(H,37,46)(H,38,43)(H,39,45)(H,40,44);1-2H3;2H,1H3/b14-12+,16-11-,18-13-,28-10+;;/t27-,29+,30+,31+,33+,49?;;/m1../s1. The highest BCUT2D eigenvalue weighted by Gasteiger charge is 2.31. The first kappa shape index (κ1) is 53.8. The molecule has 0 aliphatic carbocycles. The van der Waals surface area contributed by atoms with E-state index in [-0.39, 0.29) is 50.3 Å². The molecule has 0 heterocycles. The third-order valence-electron chi connectivity index (χ3n) is 7.45. The van der Waals surface area contributed by atoms with Crippen LogP contribution < -0.4 is 21.3 Å². The lowest BCUT2D eigenvalue weighted by atomic mass is 9.91. The maximum atomic E-state index is 13.5. The molecule has 14 heteroatoms. The fourth-order valence-corrected chi connectivity index (χ4v) is 5.29. The molecule has 0 aliphatic heterocycles. The SMILES string of the molecule is C=C/C=C\C(=C/C)CNC(=O)[C@@H](NC(=O)[C@H](C)C[C@H](O)[C@H](CC(C)C)NC(=O)[C@H](CCCS(C)=O)NC(=O)COC/C=C/C=C\O)C(C)C.CC.CO. The normalized spacial score (nSPS) is 15.0. The molecule has 7 N–H and O–H groups in total. The first-order chi connectivity index (χ1) is 25.2. The van der Waals surface area contributed by atoms with Gasteiger partial charge >= 0.3 is 0 Å². The lowest BCUT2D eigenvalue weighted by molar-refractivity contribution is -0.133. The Kier molecular flexibility index (Phi) is 34.7. The zero-order chi connectivity index (χ0) is 41.4. The molecule has 0 fully saturated rings. The fraction of sp³-hybridized carbons (Fsp3) is 0.641. The van der Waals surface area contributed by atoms with Crippen LogP contribution in [0.3, 0.4) is 0 Å². The van der Waals surface area contributed by atoms with Crippen molar-refractivity contribution in [2.24, 2.45) is 17.8 Å². The van der Waals surface area contributed by atoms with Crippen molar-refractivity contribution in [3.05, 3.63) is 60.9 Å². The molecule has 13 nitrogen and oxygen atoms in total. The second-order valence-electron chi connectivity index (χ2n) is 12.7. The van der Waals surface area contributed by atoms with Crippen LogP contribution in [0.5, 0.6) is 0 Å². The van der Waals surface area contributed by atoms with Crippen molar-refractivity contribution in [1.82, 2.24) is 21.3 Å². The maximum absolute atomic E-state index is 13.5. The van der Waals surface area contributed by atoms with Gasteiger partial charge in [-0.1, -0.05) is 91.5 Å². The lowest BCUT2D eigenvalue weighted by Gasteiger charge is -2.30. The van der Waals surface area contributed by atoms with Crippen molar-refractivity contribution in [2.75, 3.05) is 38.9 Å². The molecule has 0 saturated carbocycles. The highest BCUT2D eigenvalue weighted by atomic mass is 32.2. The second-order valence-corrected chi connectivity index (χ2v) is 14.2. The van der Waals surface area contributed by atoms with Crippen molar-refractivity contribution in [3.63, 3.8) is 0 Å². The molecule has 0 spiro atoms. The van der Waals surface area contributed by atoms with Gasteiger partial charge in [-0.3, -0.25) is 23.4 Å². The average molecular weight is 771 g/mol. The number of aliphatic hydroxyl groups is 3. The zero-order valence-corrected chi connectivity index (χ0v) is 34.5. The Labute approximate surface area is 321 Å². The number of allylic oxidation sites excluding steroid dienone is 5. The van der Waals surface area contributed by atoms with E-state index >= 15 is 0 Å². The van der Waals surface area contributed by atoms with Crippen molar-refractivity contribution in [3.8, 4) is 0 Å². The third kappa shape index (κ3) is 27.6. The van der Waals surface area contributed by atoms with E-state index in [1.54, 1.807) is 37.5 Å². The highest BCUT2D eigenvalue weighted by molar-refractivity contribution is 7.84. The summed E-state index contributed by atoms with van der Waals surface area (Å²) in [5.41, 5.74) is 0.882. The molecule has 0 rings (SSSR count). The largest absolute Gasteiger partial charge is 0.516 e. The van der Waals surface area contributed by atoms with Gasteiger partial charge in [0.2, 0.25) is 23.6 Å². The molecule has 306 valence electrons. The van der Waals surface area contributed by atoms with Gasteiger partial charge in [0.05, 0.1) is 25.0 Å². The van der Waals surface area contributed by atoms with E-state index in [0.717, 1.165) is 18.9 Å². The summed E-state index contributed by atoms with van der Waals surface area (Å²) < 4.78 is 16.9. The Morgan fingerprint density at radius 1 is 0.906 bits per heavy atom. The van der Waals surface area contributed by atoms with Crippen LogP contribution in [-0.4, -0.2) is 106 Å². The molecule has 6 atom stereocenters. The van der Waals surface area contributed by atoms with Gasteiger partial charge < -0.3 is 41.3 Å². The first-order valence-corrected chi connectivity index (χ1v) is 20.0. The Morgan fingerprint density at radius 2 is 1.55 bits per heavy atom. The minimum atomic E-state index is -1.10. The minimum Gasteiger partial charge on any atom is -0.516 e. The number of nitrogens with one attached hydrogen (secondary N) is 4. The predicted octanol–water partition coefficient (Wildman–Crippen LogP) is 3.77. The third-order valence-corrected chi connectivity index (χ3v) is 8.31. The Bertz CT molecular complexity index is 1190. The topological polar surface area (TPSA) is 203 Å². The average Bonchev–Trinajstić information content (AvgIpc) is 3.12. The van der Waals surface area contributed by atoms with Crippen LogP contribution in [0.1, 0.15) is 81.1 Å². The number of carbonyl (C=O) groups excluding carboxylic acids is 4. The van der Waals surface area contributed by atoms with Crippen LogP contribution in [0.4, 0.5) is 0 Å². The number of aliphatic hydroxyl groups excluding tert-OH is 3. The summed E-state index contributed by atoms with van der Waals surface area (Å²) in [6.07, 6.45) is 14.1. The van der Waals surface area contributed by atoms with Crippen molar-refractivity contribution >= 4 is 34.4 Å². The van der Waals surface area contributed by atoms with Gasteiger partial charge in [0, 0.05) is 42.4 Å². The fourth-order valence-electron chi connectivity index (χ4n) is 4.71. The molecule has 0 saturated heterocycles. The van der Waals surface area contributed by atoms with Crippen molar-refractivity contribution in [2.45, 2.75) is 105 Å². The second kappa shape index (κ2) is 34.2. The van der Waals surface area contributed by atoms with Crippen LogP contribution in [0, 0.1) is 17.8 Å². The van der Waals surface area contributed by atoms with Crippen LogP contribution in [0.15, 0.2) is 60.9 Å². The Hall–Kier alpha value is -3.59. The predicted molar refractivity (Wildman–Crippen MR) is 215 cm³/mol. The van der Waals surface area contributed by atoms with Crippen molar-refractivity contribution < 1.29 is 43.4 Å². The molecule has 0 aliphatic rings. The van der Waals surface area contributed by atoms with Gasteiger partial charge in [-0.2, -0.15) is 0 Å². The molecule has 0 aromatic heterocycles. The number of carbonyl (C=O) groups is 4. The summed E-state index contributed by atoms with van der Waals surface area (Å²) in [6.45, 7) is 18.8. The summed E-state index contributed by atoms with van der Waals surface area (Å²) in [5, 5.41) is 38.2. The molecule has 0 aromatic rings. The van der Waals surface area contributed by atoms with Gasteiger partial charge in [0.15, 0.2) is 0 Å². The van der Waals surface area contributed by atoms with E-state index in [1.807, 2.05) is 60.6 Å². The molecule has 53 heavy (non-hydrogen) atoms. The molecular weight excluding hydrogens is 701 g/mol. The maximum Gasteiger partial charge on any atom is 0.246 e. The number of hydrogen-bond donors (Lipinski definition) is 7.